The number of hydrogen-bond acceptors (Lipinski definition) is 3. The number of hydrogen-bond donors (Lipinski definition) is 0. The van der Waals surface area contributed by atoms with Gasteiger partial charge in [0, 0.05) is 18.0 Å². The maximum Gasteiger partial charge on any atom is 0.126 e. The van der Waals surface area contributed by atoms with E-state index in [1.54, 1.807) is 17.5 Å². The average molecular weight is 256 g/mol. The lowest BCUT2D eigenvalue weighted by atomic mass is 10.2. The van der Waals surface area contributed by atoms with Gasteiger partial charge in [-0.3, -0.25) is 4.98 Å². The van der Waals surface area contributed by atoms with Crippen molar-refractivity contribution in [2.75, 3.05) is 0 Å². The molecule has 3 rings (SSSR count). The molecule has 0 aliphatic carbocycles. The van der Waals surface area contributed by atoms with E-state index in [4.69, 9.17) is 0 Å². The van der Waals surface area contributed by atoms with Crippen LogP contribution in [0.25, 0.3) is 20.8 Å². The molecule has 0 aliphatic rings. The highest BCUT2D eigenvalue weighted by molar-refractivity contribution is 7.21. The van der Waals surface area contributed by atoms with Gasteiger partial charge in [-0.05, 0) is 36.8 Å². The molecule has 0 atom stereocenters. The fourth-order valence-electron chi connectivity index (χ4n) is 1.64. The van der Waals surface area contributed by atoms with Gasteiger partial charge in [-0.1, -0.05) is 19.9 Å². The van der Waals surface area contributed by atoms with Crippen molar-refractivity contribution < 1.29 is 0 Å². The molecule has 0 N–H and O–H groups in total. The molecular weight excluding hydrogens is 240 g/mol. The highest BCUT2D eigenvalue weighted by Crippen LogP contribution is 2.29. The van der Waals surface area contributed by atoms with E-state index < -0.39 is 0 Å². The molecule has 0 radical (unpaired) electrons. The van der Waals surface area contributed by atoms with Crippen LogP contribution in [0, 0.1) is 6.92 Å². The van der Waals surface area contributed by atoms with E-state index in [1.165, 1.54) is 10.3 Å². The minimum absolute atomic E-state index is 1.04. The second-order valence-corrected chi connectivity index (χ2v) is 4.76. The van der Waals surface area contributed by atoms with Crippen LogP contribution < -0.4 is 0 Å². The largest absolute Gasteiger partial charge is 0.264 e. The van der Waals surface area contributed by atoms with Gasteiger partial charge in [0.2, 0.25) is 0 Å². The Bertz CT molecular complexity index is 629. The highest BCUT2D eigenvalue weighted by Gasteiger charge is 2.05. The third kappa shape index (κ3) is 2.57. The van der Waals surface area contributed by atoms with Gasteiger partial charge in [-0.15, -0.1) is 11.3 Å². The van der Waals surface area contributed by atoms with Gasteiger partial charge < -0.3 is 0 Å². The lowest BCUT2D eigenvalue weighted by molar-refractivity contribution is 1.32. The number of aryl methyl sites for hydroxylation is 1. The maximum atomic E-state index is 4.60. The van der Waals surface area contributed by atoms with Gasteiger partial charge in [0.15, 0.2) is 0 Å². The van der Waals surface area contributed by atoms with Crippen LogP contribution in [-0.2, 0) is 0 Å². The molecule has 2 aromatic heterocycles. The fourth-order valence-corrected chi connectivity index (χ4v) is 2.70. The summed E-state index contributed by atoms with van der Waals surface area (Å²) in [5, 5.41) is 1.04. The smallest absolute Gasteiger partial charge is 0.126 e. The van der Waals surface area contributed by atoms with Gasteiger partial charge in [0.1, 0.15) is 5.01 Å². The lowest BCUT2D eigenvalue weighted by Gasteiger charge is -1.91. The Balaban J connectivity index is 0.000000574. The van der Waals surface area contributed by atoms with Crippen molar-refractivity contribution in [3.05, 3.63) is 48.3 Å². The normalized spacial score (nSPS) is 9.94. The Labute approximate surface area is 111 Å². The number of thiazole rings is 1. The van der Waals surface area contributed by atoms with Gasteiger partial charge in [0.25, 0.3) is 0 Å². The van der Waals surface area contributed by atoms with E-state index in [1.807, 2.05) is 32.2 Å². The van der Waals surface area contributed by atoms with Crippen molar-refractivity contribution in [2.24, 2.45) is 0 Å². The van der Waals surface area contributed by atoms with Gasteiger partial charge in [-0.25, -0.2) is 4.98 Å². The molecule has 0 saturated carbocycles. The zero-order valence-electron chi connectivity index (χ0n) is 10.8. The summed E-state index contributed by atoms with van der Waals surface area (Å²) in [6.45, 7) is 6.10. The Morgan fingerprint density at radius 1 is 1.11 bits per heavy atom. The molecule has 92 valence electrons. The molecule has 1 aromatic carbocycles. The second kappa shape index (κ2) is 5.74. The van der Waals surface area contributed by atoms with Crippen LogP contribution in [0.3, 0.4) is 0 Å². The topological polar surface area (TPSA) is 25.8 Å². The van der Waals surface area contributed by atoms with Gasteiger partial charge in [0.05, 0.1) is 10.2 Å². The Morgan fingerprint density at radius 2 is 1.94 bits per heavy atom. The first-order valence-electron chi connectivity index (χ1n) is 6.10. The van der Waals surface area contributed by atoms with E-state index >= 15 is 0 Å². The zero-order chi connectivity index (χ0) is 13.0. The Hall–Kier alpha value is -1.74. The predicted molar refractivity (Wildman–Crippen MR) is 78.9 cm³/mol. The van der Waals surface area contributed by atoms with E-state index in [0.29, 0.717) is 0 Å². The first kappa shape index (κ1) is 12.7. The van der Waals surface area contributed by atoms with E-state index in [0.717, 1.165) is 16.1 Å². The molecule has 2 nitrogen and oxygen atoms in total. The number of aromatic nitrogens is 2. The zero-order valence-corrected chi connectivity index (χ0v) is 11.7. The quantitative estimate of drug-likeness (QED) is 0.631. The molecule has 0 aliphatic heterocycles. The first-order chi connectivity index (χ1) is 8.83. The fraction of sp³-hybridized carbons (Fsp3) is 0.200. The summed E-state index contributed by atoms with van der Waals surface area (Å²) in [4.78, 5) is 8.72. The molecule has 2 heterocycles. The van der Waals surface area contributed by atoms with Crippen LogP contribution in [0.2, 0.25) is 0 Å². The summed E-state index contributed by atoms with van der Waals surface area (Å²) >= 11 is 1.71. The van der Waals surface area contributed by atoms with E-state index in [9.17, 15) is 0 Å². The first-order valence-corrected chi connectivity index (χ1v) is 6.92. The number of nitrogens with zero attached hydrogens (tertiary/aromatic N) is 2. The molecule has 0 fully saturated rings. The molecule has 0 amide bonds. The van der Waals surface area contributed by atoms with Crippen LogP contribution in [0.5, 0.6) is 0 Å². The van der Waals surface area contributed by atoms with Crippen molar-refractivity contribution in [1.29, 1.82) is 0 Å². The highest BCUT2D eigenvalue weighted by atomic mass is 32.1. The molecule has 3 heteroatoms. The third-order valence-electron chi connectivity index (χ3n) is 2.45. The van der Waals surface area contributed by atoms with Gasteiger partial charge in [-0.2, -0.15) is 0 Å². The van der Waals surface area contributed by atoms with Crippen LogP contribution in [0.15, 0.2) is 42.7 Å². The van der Waals surface area contributed by atoms with Crippen LogP contribution >= 0.6 is 11.3 Å². The predicted octanol–water partition coefficient (Wildman–Crippen LogP) is 4.69. The van der Waals surface area contributed by atoms with Crippen LogP contribution in [-0.4, -0.2) is 9.97 Å². The summed E-state index contributed by atoms with van der Waals surface area (Å²) in [6, 6.07) is 10.3. The Morgan fingerprint density at radius 3 is 2.67 bits per heavy atom. The minimum atomic E-state index is 1.04. The summed E-state index contributed by atoms with van der Waals surface area (Å²) in [6.07, 6.45) is 3.63. The molecule has 0 bridgehead atoms. The molecular formula is C15H16N2S. The molecule has 0 saturated heterocycles. The van der Waals surface area contributed by atoms with Crippen molar-refractivity contribution in [3.63, 3.8) is 0 Å². The van der Waals surface area contributed by atoms with Crippen LogP contribution in [0.1, 0.15) is 19.4 Å². The number of pyridine rings is 1. The molecule has 0 spiro atoms. The van der Waals surface area contributed by atoms with E-state index in [2.05, 4.69) is 35.1 Å². The van der Waals surface area contributed by atoms with Crippen LogP contribution in [0.4, 0.5) is 0 Å². The SMILES string of the molecule is CC.Cc1ccc2nc(-c3cccnc3)sc2c1. The lowest BCUT2D eigenvalue weighted by Crippen LogP contribution is -1.76. The monoisotopic (exact) mass is 256 g/mol. The summed E-state index contributed by atoms with van der Waals surface area (Å²) in [7, 11) is 0. The molecule has 3 aromatic rings. The minimum Gasteiger partial charge on any atom is -0.264 e. The number of benzene rings is 1. The molecule has 18 heavy (non-hydrogen) atoms. The van der Waals surface area contributed by atoms with Crippen molar-refractivity contribution in [2.45, 2.75) is 20.8 Å². The summed E-state index contributed by atoms with van der Waals surface area (Å²) in [5.74, 6) is 0. The second-order valence-electron chi connectivity index (χ2n) is 3.73. The van der Waals surface area contributed by atoms with Crippen molar-refractivity contribution in [3.8, 4) is 10.6 Å². The van der Waals surface area contributed by atoms with Crippen molar-refractivity contribution >= 4 is 21.6 Å². The number of fused-ring (bicyclic) bond motifs is 1. The Kier molecular flexibility index (Phi) is 4.05. The molecule has 0 unspecified atom stereocenters. The standard InChI is InChI=1S/C13H10N2S.C2H6/c1-9-4-5-11-12(7-9)16-13(15-11)10-3-2-6-14-8-10;1-2/h2-8H,1H3;1-2H3. The maximum absolute atomic E-state index is 4.60. The third-order valence-corrected chi connectivity index (χ3v) is 3.52. The number of rotatable bonds is 1. The summed E-state index contributed by atoms with van der Waals surface area (Å²) in [5.41, 5.74) is 3.42. The average Bonchev–Trinajstić information content (AvgIpc) is 2.85. The van der Waals surface area contributed by atoms with E-state index in [-0.39, 0.29) is 0 Å². The van der Waals surface area contributed by atoms with Gasteiger partial charge >= 0.3 is 0 Å². The van der Waals surface area contributed by atoms with Crippen molar-refractivity contribution in [1.82, 2.24) is 9.97 Å². The summed E-state index contributed by atoms with van der Waals surface area (Å²) < 4.78 is 1.24.